The Hall–Kier alpha value is -0.0800. The van der Waals surface area contributed by atoms with Crippen LogP contribution in [0.1, 0.15) is 47.0 Å². The van der Waals surface area contributed by atoms with Crippen LogP contribution in [-0.4, -0.2) is 30.1 Å². The summed E-state index contributed by atoms with van der Waals surface area (Å²) >= 11 is 0. The zero-order valence-electron chi connectivity index (χ0n) is 11.1. The summed E-state index contributed by atoms with van der Waals surface area (Å²) in [5.41, 5.74) is 6.21. The standard InChI is InChI=1S/C13H28N2/c1-10(2)8-11(3)15(5)13(4,9-14)12-6-7-12/h10-12H,6-9,14H2,1-5H3. The van der Waals surface area contributed by atoms with Crippen LogP contribution in [0.2, 0.25) is 0 Å². The van der Waals surface area contributed by atoms with Crippen molar-refractivity contribution in [2.24, 2.45) is 17.6 Å². The van der Waals surface area contributed by atoms with Crippen molar-refractivity contribution in [1.29, 1.82) is 0 Å². The third kappa shape index (κ3) is 2.94. The highest BCUT2D eigenvalue weighted by molar-refractivity contribution is 5.00. The Kier molecular flexibility index (Phi) is 4.19. The SMILES string of the molecule is CC(C)CC(C)N(C)C(C)(CN)C1CC1. The predicted molar refractivity (Wildman–Crippen MR) is 66.9 cm³/mol. The van der Waals surface area contributed by atoms with Gasteiger partial charge in [0.25, 0.3) is 0 Å². The molecule has 1 rings (SSSR count). The molecule has 2 nitrogen and oxygen atoms in total. The second kappa shape index (κ2) is 4.84. The van der Waals surface area contributed by atoms with Gasteiger partial charge in [0.2, 0.25) is 0 Å². The van der Waals surface area contributed by atoms with Crippen LogP contribution in [0.25, 0.3) is 0 Å². The van der Waals surface area contributed by atoms with E-state index in [1.54, 1.807) is 0 Å². The minimum absolute atomic E-state index is 0.230. The quantitative estimate of drug-likeness (QED) is 0.733. The van der Waals surface area contributed by atoms with E-state index in [0.717, 1.165) is 18.4 Å². The van der Waals surface area contributed by atoms with Gasteiger partial charge in [-0.1, -0.05) is 13.8 Å². The fraction of sp³-hybridized carbons (Fsp3) is 1.00. The highest BCUT2D eigenvalue weighted by atomic mass is 15.2. The fourth-order valence-electron chi connectivity index (χ4n) is 2.65. The van der Waals surface area contributed by atoms with Gasteiger partial charge >= 0.3 is 0 Å². The monoisotopic (exact) mass is 212 g/mol. The molecule has 1 fully saturated rings. The Morgan fingerprint density at radius 3 is 2.20 bits per heavy atom. The van der Waals surface area contributed by atoms with Crippen LogP contribution in [0.5, 0.6) is 0 Å². The maximum absolute atomic E-state index is 5.98. The van der Waals surface area contributed by atoms with Gasteiger partial charge in [0.05, 0.1) is 0 Å². The molecule has 0 bridgehead atoms. The van der Waals surface area contributed by atoms with E-state index in [-0.39, 0.29) is 5.54 Å². The van der Waals surface area contributed by atoms with E-state index >= 15 is 0 Å². The Bertz CT molecular complexity index is 199. The van der Waals surface area contributed by atoms with E-state index in [1.807, 2.05) is 0 Å². The van der Waals surface area contributed by atoms with Gasteiger partial charge in [-0.3, -0.25) is 4.90 Å². The molecule has 2 heteroatoms. The minimum Gasteiger partial charge on any atom is -0.329 e. The van der Waals surface area contributed by atoms with Crippen molar-refractivity contribution in [2.45, 2.75) is 58.5 Å². The van der Waals surface area contributed by atoms with Crippen LogP contribution < -0.4 is 5.73 Å². The highest BCUT2D eigenvalue weighted by Crippen LogP contribution is 2.43. The van der Waals surface area contributed by atoms with Crippen LogP contribution in [0.4, 0.5) is 0 Å². The van der Waals surface area contributed by atoms with Crippen molar-refractivity contribution in [2.75, 3.05) is 13.6 Å². The first kappa shape index (κ1) is 13.0. The van der Waals surface area contributed by atoms with Crippen molar-refractivity contribution in [3.05, 3.63) is 0 Å². The molecule has 0 aromatic rings. The van der Waals surface area contributed by atoms with Crippen LogP contribution in [-0.2, 0) is 0 Å². The van der Waals surface area contributed by atoms with Gasteiger partial charge < -0.3 is 5.73 Å². The molecule has 2 unspecified atom stereocenters. The first-order valence-corrected chi connectivity index (χ1v) is 6.34. The van der Waals surface area contributed by atoms with E-state index in [9.17, 15) is 0 Å². The lowest BCUT2D eigenvalue weighted by molar-refractivity contribution is 0.0705. The molecule has 1 aliphatic carbocycles. The molecule has 15 heavy (non-hydrogen) atoms. The molecule has 2 N–H and O–H groups in total. The van der Waals surface area contributed by atoms with Crippen LogP contribution >= 0.6 is 0 Å². The number of nitrogens with zero attached hydrogens (tertiary/aromatic N) is 1. The first-order valence-electron chi connectivity index (χ1n) is 6.34. The Labute approximate surface area is 95.2 Å². The van der Waals surface area contributed by atoms with E-state index in [1.165, 1.54) is 19.3 Å². The maximum Gasteiger partial charge on any atom is 0.0331 e. The number of hydrogen-bond donors (Lipinski definition) is 1. The number of rotatable bonds is 6. The average Bonchev–Trinajstić information content (AvgIpc) is 2.97. The molecule has 1 saturated carbocycles. The van der Waals surface area contributed by atoms with E-state index < -0.39 is 0 Å². The van der Waals surface area contributed by atoms with Gasteiger partial charge in [0.1, 0.15) is 0 Å². The molecule has 0 radical (unpaired) electrons. The molecule has 0 spiro atoms. The fourth-order valence-corrected chi connectivity index (χ4v) is 2.65. The maximum atomic E-state index is 5.98. The van der Waals surface area contributed by atoms with E-state index in [4.69, 9.17) is 5.73 Å². The number of likely N-dealkylation sites (N-methyl/N-ethyl adjacent to an activating group) is 1. The summed E-state index contributed by atoms with van der Waals surface area (Å²) in [6, 6.07) is 0.638. The van der Waals surface area contributed by atoms with Gasteiger partial charge in [0, 0.05) is 18.1 Å². The molecule has 2 atom stereocenters. The van der Waals surface area contributed by atoms with Crippen molar-refractivity contribution in [1.82, 2.24) is 4.90 Å². The summed E-state index contributed by atoms with van der Waals surface area (Å²) in [5.74, 6) is 1.60. The Morgan fingerprint density at radius 2 is 1.87 bits per heavy atom. The lowest BCUT2D eigenvalue weighted by Gasteiger charge is -2.43. The smallest absolute Gasteiger partial charge is 0.0331 e. The average molecular weight is 212 g/mol. The summed E-state index contributed by atoms with van der Waals surface area (Å²) < 4.78 is 0. The van der Waals surface area contributed by atoms with Crippen molar-refractivity contribution < 1.29 is 0 Å². The van der Waals surface area contributed by atoms with Gasteiger partial charge in [-0.05, 0) is 52.0 Å². The molecule has 0 saturated heterocycles. The van der Waals surface area contributed by atoms with Gasteiger partial charge in [-0.25, -0.2) is 0 Å². The second-order valence-corrected chi connectivity index (χ2v) is 5.93. The first-order chi connectivity index (χ1) is 6.91. The van der Waals surface area contributed by atoms with E-state index in [2.05, 4.69) is 39.6 Å². The lowest BCUT2D eigenvalue weighted by atomic mass is 9.91. The Morgan fingerprint density at radius 1 is 1.33 bits per heavy atom. The minimum atomic E-state index is 0.230. The van der Waals surface area contributed by atoms with Crippen molar-refractivity contribution in [3.63, 3.8) is 0 Å². The van der Waals surface area contributed by atoms with Crippen molar-refractivity contribution >= 4 is 0 Å². The van der Waals surface area contributed by atoms with E-state index in [0.29, 0.717) is 6.04 Å². The van der Waals surface area contributed by atoms with Gasteiger partial charge in [-0.2, -0.15) is 0 Å². The van der Waals surface area contributed by atoms with Gasteiger partial charge in [0.15, 0.2) is 0 Å². The topological polar surface area (TPSA) is 29.3 Å². The third-order valence-electron chi connectivity index (χ3n) is 4.15. The molecular formula is C13H28N2. The number of hydrogen-bond acceptors (Lipinski definition) is 2. The zero-order valence-corrected chi connectivity index (χ0v) is 11.1. The molecular weight excluding hydrogens is 184 g/mol. The largest absolute Gasteiger partial charge is 0.329 e. The molecule has 0 heterocycles. The molecule has 1 aliphatic rings. The zero-order chi connectivity index (χ0) is 11.6. The Balaban J connectivity index is 2.59. The van der Waals surface area contributed by atoms with Crippen molar-refractivity contribution in [3.8, 4) is 0 Å². The molecule has 0 aromatic carbocycles. The molecule has 0 amide bonds. The second-order valence-electron chi connectivity index (χ2n) is 5.93. The molecule has 0 aliphatic heterocycles. The highest BCUT2D eigenvalue weighted by Gasteiger charge is 2.44. The normalized spacial score (nSPS) is 23.2. The summed E-state index contributed by atoms with van der Waals surface area (Å²) in [7, 11) is 2.25. The lowest BCUT2D eigenvalue weighted by Crippen LogP contribution is -2.55. The summed E-state index contributed by atoms with van der Waals surface area (Å²) in [5, 5.41) is 0. The predicted octanol–water partition coefficient (Wildman–Crippen LogP) is 2.48. The summed E-state index contributed by atoms with van der Waals surface area (Å²) in [6.07, 6.45) is 4.00. The molecule has 90 valence electrons. The summed E-state index contributed by atoms with van der Waals surface area (Å²) in [4.78, 5) is 2.52. The van der Waals surface area contributed by atoms with Crippen LogP contribution in [0, 0.1) is 11.8 Å². The van der Waals surface area contributed by atoms with Crippen LogP contribution in [0.3, 0.4) is 0 Å². The number of nitrogens with two attached hydrogens (primary N) is 1. The molecule has 0 aromatic heterocycles. The van der Waals surface area contributed by atoms with Gasteiger partial charge in [-0.15, -0.1) is 0 Å². The van der Waals surface area contributed by atoms with Crippen LogP contribution in [0.15, 0.2) is 0 Å². The third-order valence-corrected chi connectivity index (χ3v) is 4.15. The summed E-state index contributed by atoms with van der Waals surface area (Å²) in [6.45, 7) is 10.0.